The van der Waals surface area contributed by atoms with Gasteiger partial charge < -0.3 is 24.3 Å². The molecule has 0 unspecified atom stereocenters. The van der Waals surface area contributed by atoms with Crippen LogP contribution in [-0.2, 0) is 11.3 Å². The minimum absolute atomic E-state index is 0.0848. The number of aryl methyl sites for hydroxylation is 1. The van der Waals surface area contributed by atoms with Gasteiger partial charge in [-0.1, -0.05) is 42.0 Å². The van der Waals surface area contributed by atoms with Gasteiger partial charge in [-0.05, 0) is 19.1 Å². The summed E-state index contributed by atoms with van der Waals surface area (Å²) in [7, 11) is 1.57. The molecule has 1 fully saturated rings. The lowest BCUT2D eigenvalue weighted by Crippen LogP contribution is -2.38. The van der Waals surface area contributed by atoms with E-state index in [1.165, 1.54) is 0 Å². The zero-order valence-corrected chi connectivity index (χ0v) is 18.4. The van der Waals surface area contributed by atoms with Crippen LogP contribution in [0.5, 0.6) is 17.4 Å². The van der Waals surface area contributed by atoms with E-state index in [0.717, 1.165) is 18.7 Å². The van der Waals surface area contributed by atoms with Crippen molar-refractivity contribution in [3.8, 4) is 28.6 Å². The van der Waals surface area contributed by atoms with Gasteiger partial charge in [0.2, 0.25) is 5.88 Å². The van der Waals surface area contributed by atoms with E-state index in [2.05, 4.69) is 4.90 Å². The van der Waals surface area contributed by atoms with Crippen molar-refractivity contribution in [1.29, 1.82) is 0 Å². The lowest BCUT2D eigenvalue weighted by Gasteiger charge is -2.27. The van der Waals surface area contributed by atoms with Crippen molar-refractivity contribution in [2.24, 2.45) is 0 Å². The maximum atomic E-state index is 13.5. The minimum Gasteiger partial charge on any atom is -0.503 e. The standard InChI is InChI=1S/C25H28N2O5/c1-17-6-8-18(9-7-17)23(28)21-22(19-4-3-5-20(16-19)31-2)27(25(30)24(21)29)11-10-26-12-14-32-15-13-26/h3-9,16,29-30H,10-15H2,1-2H3. The summed E-state index contributed by atoms with van der Waals surface area (Å²) in [6, 6.07) is 14.4. The second-order valence-electron chi connectivity index (χ2n) is 7.93. The first-order chi connectivity index (χ1) is 15.5. The average Bonchev–Trinajstić information content (AvgIpc) is 3.08. The quantitative estimate of drug-likeness (QED) is 0.552. The number of carbonyl (C=O) groups is 1. The van der Waals surface area contributed by atoms with Crippen LogP contribution in [-0.4, -0.2) is 65.4 Å². The van der Waals surface area contributed by atoms with Crippen LogP contribution in [0, 0.1) is 6.92 Å². The molecule has 168 valence electrons. The van der Waals surface area contributed by atoms with Crippen LogP contribution < -0.4 is 4.74 Å². The van der Waals surface area contributed by atoms with Gasteiger partial charge in [0.05, 0.1) is 31.6 Å². The van der Waals surface area contributed by atoms with Crippen LogP contribution in [0.2, 0.25) is 0 Å². The third kappa shape index (κ3) is 4.35. The van der Waals surface area contributed by atoms with Gasteiger partial charge >= 0.3 is 0 Å². The molecule has 0 spiro atoms. The predicted molar refractivity (Wildman–Crippen MR) is 122 cm³/mol. The Morgan fingerprint density at radius 1 is 1.06 bits per heavy atom. The number of aromatic nitrogens is 1. The van der Waals surface area contributed by atoms with Crippen LogP contribution in [0.3, 0.4) is 0 Å². The topological polar surface area (TPSA) is 84.2 Å². The van der Waals surface area contributed by atoms with Crippen molar-refractivity contribution in [2.45, 2.75) is 13.5 Å². The van der Waals surface area contributed by atoms with Gasteiger partial charge in [0.25, 0.3) is 0 Å². The van der Waals surface area contributed by atoms with E-state index in [9.17, 15) is 15.0 Å². The molecule has 7 nitrogen and oxygen atoms in total. The third-order valence-electron chi connectivity index (χ3n) is 5.84. The second-order valence-corrected chi connectivity index (χ2v) is 7.93. The smallest absolute Gasteiger partial charge is 0.235 e. The van der Waals surface area contributed by atoms with Gasteiger partial charge in [-0.25, -0.2) is 0 Å². The number of rotatable bonds is 7. The highest BCUT2D eigenvalue weighted by molar-refractivity contribution is 6.15. The fourth-order valence-electron chi connectivity index (χ4n) is 4.01. The first kappa shape index (κ1) is 21.9. The summed E-state index contributed by atoms with van der Waals surface area (Å²) in [6.45, 7) is 5.95. The Labute approximate surface area is 187 Å². The molecule has 0 radical (unpaired) electrons. The van der Waals surface area contributed by atoms with Crippen LogP contribution in [0.4, 0.5) is 0 Å². The highest BCUT2D eigenvalue weighted by Crippen LogP contribution is 2.42. The first-order valence-corrected chi connectivity index (χ1v) is 10.7. The third-order valence-corrected chi connectivity index (χ3v) is 5.84. The Balaban J connectivity index is 1.80. The molecular formula is C25H28N2O5. The Morgan fingerprint density at radius 3 is 2.47 bits per heavy atom. The summed E-state index contributed by atoms with van der Waals surface area (Å²) >= 11 is 0. The normalized spacial score (nSPS) is 14.4. The van der Waals surface area contributed by atoms with Crippen molar-refractivity contribution in [3.63, 3.8) is 0 Å². The predicted octanol–water partition coefficient (Wildman–Crippen LogP) is 3.45. The van der Waals surface area contributed by atoms with E-state index in [1.807, 2.05) is 37.3 Å². The van der Waals surface area contributed by atoms with Crippen LogP contribution in [0.25, 0.3) is 11.3 Å². The average molecular weight is 437 g/mol. The van der Waals surface area contributed by atoms with E-state index in [1.54, 1.807) is 29.9 Å². The summed E-state index contributed by atoms with van der Waals surface area (Å²) in [5, 5.41) is 21.7. The minimum atomic E-state index is -0.407. The number of hydrogen-bond acceptors (Lipinski definition) is 6. The fraction of sp³-hybridized carbons (Fsp3) is 0.320. The number of aromatic hydroxyl groups is 2. The molecule has 4 rings (SSSR count). The van der Waals surface area contributed by atoms with Gasteiger partial charge in [0.1, 0.15) is 5.75 Å². The molecule has 2 aromatic carbocycles. The second kappa shape index (κ2) is 9.46. The van der Waals surface area contributed by atoms with E-state index in [-0.39, 0.29) is 17.2 Å². The van der Waals surface area contributed by atoms with Crippen molar-refractivity contribution in [3.05, 3.63) is 65.2 Å². The van der Waals surface area contributed by atoms with E-state index >= 15 is 0 Å². The highest BCUT2D eigenvalue weighted by atomic mass is 16.5. The van der Waals surface area contributed by atoms with Gasteiger partial charge in [0, 0.05) is 37.3 Å². The molecule has 1 aliphatic heterocycles. The molecule has 0 saturated carbocycles. The molecule has 3 aromatic rings. The van der Waals surface area contributed by atoms with Crippen molar-refractivity contribution >= 4 is 5.78 Å². The molecule has 0 amide bonds. The number of methoxy groups -OCH3 is 1. The van der Waals surface area contributed by atoms with E-state index < -0.39 is 5.75 Å². The van der Waals surface area contributed by atoms with Crippen LogP contribution >= 0.6 is 0 Å². The Kier molecular flexibility index (Phi) is 6.48. The lowest BCUT2D eigenvalue weighted by atomic mass is 9.98. The number of benzene rings is 2. The van der Waals surface area contributed by atoms with Gasteiger partial charge in [-0.15, -0.1) is 0 Å². The molecule has 1 aromatic heterocycles. The van der Waals surface area contributed by atoms with Gasteiger partial charge in [0.15, 0.2) is 11.5 Å². The molecule has 2 N–H and O–H groups in total. The molecule has 0 atom stereocenters. The number of carbonyl (C=O) groups excluding carboxylic acids is 1. The monoisotopic (exact) mass is 436 g/mol. The maximum Gasteiger partial charge on any atom is 0.235 e. The summed E-state index contributed by atoms with van der Waals surface area (Å²) in [5.74, 6) is -0.446. The van der Waals surface area contributed by atoms with Crippen molar-refractivity contribution in [2.75, 3.05) is 40.0 Å². The Bertz CT molecular complexity index is 1100. The molecule has 0 bridgehead atoms. The molecule has 32 heavy (non-hydrogen) atoms. The Morgan fingerprint density at radius 2 is 1.78 bits per heavy atom. The first-order valence-electron chi connectivity index (χ1n) is 10.7. The van der Waals surface area contributed by atoms with E-state index in [4.69, 9.17) is 9.47 Å². The number of ketones is 1. The lowest BCUT2D eigenvalue weighted by molar-refractivity contribution is 0.0362. The zero-order valence-electron chi connectivity index (χ0n) is 18.4. The van der Waals surface area contributed by atoms with Gasteiger partial charge in [-0.3, -0.25) is 9.69 Å². The number of ether oxygens (including phenoxy) is 2. The van der Waals surface area contributed by atoms with Crippen molar-refractivity contribution < 1.29 is 24.5 Å². The summed E-state index contributed by atoms with van der Waals surface area (Å²) in [5.41, 5.74) is 2.71. The molecular weight excluding hydrogens is 408 g/mol. The molecule has 0 aliphatic carbocycles. The molecule has 1 saturated heterocycles. The summed E-state index contributed by atoms with van der Waals surface area (Å²) in [4.78, 5) is 15.7. The van der Waals surface area contributed by atoms with E-state index in [0.29, 0.717) is 48.9 Å². The van der Waals surface area contributed by atoms with Crippen molar-refractivity contribution in [1.82, 2.24) is 9.47 Å². The maximum absolute atomic E-state index is 13.5. The summed E-state index contributed by atoms with van der Waals surface area (Å²) in [6.07, 6.45) is 0. The number of hydrogen-bond donors (Lipinski definition) is 2. The SMILES string of the molecule is COc1cccc(-c2c(C(=O)c3ccc(C)cc3)c(O)c(O)n2CCN2CCOCC2)c1. The Hall–Kier alpha value is -3.29. The molecule has 2 heterocycles. The zero-order chi connectivity index (χ0) is 22.7. The molecule has 7 heteroatoms. The van der Waals surface area contributed by atoms with Crippen LogP contribution in [0.1, 0.15) is 21.5 Å². The number of nitrogens with zero attached hydrogens (tertiary/aromatic N) is 2. The number of morpholine rings is 1. The largest absolute Gasteiger partial charge is 0.503 e. The fourth-order valence-corrected chi connectivity index (χ4v) is 4.01. The summed E-state index contributed by atoms with van der Waals surface area (Å²) < 4.78 is 12.4. The van der Waals surface area contributed by atoms with Crippen LogP contribution in [0.15, 0.2) is 48.5 Å². The molecule has 1 aliphatic rings. The van der Waals surface area contributed by atoms with Gasteiger partial charge in [-0.2, -0.15) is 0 Å². The highest BCUT2D eigenvalue weighted by Gasteiger charge is 2.29.